The first-order valence-electron chi connectivity index (χ1n) is 11.0. The molecule has 1 saturated carbocycles. The summed E-state index contributed by atoms with van der Waals surface area (Å²) in [5.41, 5.74) is -2.22. The highest BCUT2D eigenvalue weighted by atomic mass is 19.4. The molecule has 1 saturated heterocycles. The fraction of sp³-hybridized carbons (Fsp3) is 0.391. The van der Waals surface area contributed by atoms with E-state index in [4.69, 9.17) is 0 Å². The maximum absolute atomic E-state index is 14.7. The molecule has 12 heteroatoms. The lowest BCUT2D eigenvalue weighted by molar-refractivity contribution is -0.153. The third kappa shape index (κ3) is 4.01. The minimum Gasteiger partial charge on any atom is -0.388 e. The summed E-state index contributed by atoms with van der Waals surface area (Å²) in [6.07, 6.45) is -2.17. The first-order chi connectivity index (χ1) is 16.5. The first-order valence-corrected chi connectivity index (χ1v) is 11.0. The number of carbonyl (C=O) groups is 1. The lowest BCUT2D eigenvalue weighted by Crippen LogP contribution is -2.46. The lowest BCUT2D eigenvalue weighted by atomic mass is 10.1. The van der Waals surface area contributed by atoms with Crippen molar-refractivity contribution in [2.24, 2.45) is 5.92 Å². The van der Waals surface area contributed by atoms with Crippen LogP contribution in [0.15, 0.2) is 41.5 Å². The number of amides is 1. The number of rotatable bonds is 5. The molecule has 3 aromatic rings. The van der Waals surface area contributed by atoms with Gasteiger partial charge in [-0.1, -0.05) is 6.92 Å². The second-order valence-electron chi connectivity index (χ2n) is 8.95. The van der Waals surface area contributed by atoms with E-state index in [1.165, 1.54) is 31.3 Å². The molecule has 3 atom stereocenters. The second-order valence-corrected chi connectivity index (χ2v) is 8.95. The molecule has 0 aromatic carbocycles. The summed E-state index contributed by atoms with van der Waals surface area (Å²) in [6, 6.07) is 3.24. The summed E-state index contributed by atoms with van der Waals surface area (Å²) in [7, 11) is 0. The Kier molecular flexibility index (Phi) is 5.31. The van der Waals surface area contributed by atoms with Crippen molar-refractivity contribution in [1.29, 1.82) is 0 Å². The predicted molar refractivity (Wildman–Crippen MR) is 118 cm³/mol. The molecular weight excluding hydrogens is 470 g/mol. The molecule has 1 aliphatic heterocycles. The topological polar surface area (TPSA) is 100 Å². The maximum atomic E-state index is 14.7. The van der Waals surface area contributed by atoms with Gasteiger partial charge in [-0.25, -0.2) is 14.4 Å². The van der Waals surface area contributed by atoms with Gasteiger partial charge in [0.1, 0.15) is 17.4 Å². The summed E-state index contributed by atoms with van der Waals surface area (Å²) in [5.74, 6) is -1.74. The van der Waals surface area contributed by atoms with Gasteiger partial charge in [0.25, 0.3) is 5.91 Å². The number of hydrogen-bond acceptors (Lipinski definition) is 6. The molecule has 8 nitrogen and oxygen atoms in total. The summed E-state index contributed by atoms with van der Waals surface area (Å²) in [6.45, 7) is 2.17. The average molecular weight is 491 g/mol. The Morgan fingerprint density at radius 3 is 2.74 bits per heavy atom. The van der Waals surface area contributed by atoms with E-state index >= 15 is 0 Å². The van der Waals surface area contributed by atoms with Crippen molar-refractivity contribution in [3.05, 3.63) is 58.3 Å². The summed E-state index contributed by atoms with van der Waals surface area (Å²) in [5, 5.41) is 12.1. The predicted octanol–water partition coefficient (Wildman–Crippen LogP) is 2.56. The SMILES string of the molecule is CC[C@@H](NC(=O)c1cn(-c2ncccc2F)c2nc(N3CC4CC4(O)C3)ccc2c1=O)C(F)(F)F. The minimum absolute atomic E-state index is 0.0166. The number of carbonyl (C=O) groups excluding carboxylic acids is 1. The summed E-state index contributed by atoms with van der Waals surface area (Å²) >= 11 is 0. The van der Waals surface area contributed by atoms with Crippen LogP contribution in [0.5, 0.6) is 0 Å². The largest absolute Gasteiger partial charge is 0.408 e. The lowest BCUT2D eigenvalue weighted by Gasteiger charge is -2.22. The summed E-state index contributed by atoms with van der Waals surface area (Å²) < 4.78 is 55.4. The van der Waals surface area contributed by atoms with Crippen molar-refractivity contribution in [3.63, 3.8) is 0 Å². The van der Waals surface area contributed by atoms with Crippen LogP contribution >= 0.6 is 0 Å². The number of pyridine rings is 3. The van der Waals surface area contributed by atoms with Gasteiger partial charge in [-0.15, -0.1) is 0 Å². The van der Waals surface area contributed by atoms with Crippen LogP contribution in [0.2, 0.25) is 0 Å². The molecule has 2 unspecified atom stereocenters. The van der Waals surface area contributed by atoms with Crippen molar-refractivity contribution in [2.75, 3.05) is 18.0 Å². The Morgan fingerprint density at radius 1 is 1.34 bits per heavy atom. The smallest absolute Gasteiger partial charge is 0.388 e. The quantitative estimate of drug-likeness (QED) is 0.533. The zero-order valence-electron chi connectivity index (χ0n) is 18.5. The number of halogens is 4. The zero-order chi connectivity index (χ0) is 25.1. The van der Waals surface area contributed by atoms with Gasteiger partial charge in [0.05, 0.1) is 11.0 Å². The third-order valence-electron chi connectivity index (χ3n) is 6.59. The Morgan fingerprint density at radius 2 is 2.11 bits per heavy atom. The van der Waals surface area contributed by atoms with Crippen LogP contribution < -0.4 is 15.6 Å². The highest BCUT2D eigenvalue weighted by Gasteiger charge is 2.59. The van der Waals surface area contributed by atoms with Gasteiger partial charge in [-0.3, -0.25) is 14.2 Å². The fourth-order valence-corrected chi connectivity index (χ4v) is 4.53. The molecule has 1 amide bonds. The fourth-order valence-electron chi connectivity index (χ4n) is 4.53. The normalized spacial score (nSPS) is 22.2. The van der Waals surface area contributed by atoms with Crippen LogP contribution in [0.3, 0.4) is 0 Å². The first kappa shape index (κ1) is 23.2. The highest BCUT2D eigenvalue weighted by Crippen LogP contribution is 2.50. The molecule has 2 N–H and O–H groups in total. The van der Waals surface area contributed by atoms with E-state index in [-0.39, 0.29) is 22.8 Å². The van der Waals surface area contributed by atoms with E-state index in [1.54, 1.807) is 0 Å². The summed E-state index contributed by atoms with van der Waals surface area (Å²) in [4.78, 5) is 36.2. The van der Waals surface area contributed by atoms with Crippen LogP contribution in [-0.2, 0) is 0 Å². The van der Waals surface area contributed by atoms with Gasteiger partial charge < -0.3 is 15.3 Å². The molecule has 0 bridgehead atoms. The van der Waals surface area contributed by atoms with Crippen LogP contribution in [0.4, 0.5) is 23.4 Å². The van der Waals surface area contributed by atoms with E-state index in [0.717, 1.165) is 16.8 Å². The van der Waals surface area contributed by atoms with Gasteiger partial charge in [-0.2, -0.15) is 13.2 Å². The van der Waals surface area contributed by atoms with E-state index in [9.17, 15) is 32.3 Å². The Labute approximate surface area is 196 Å². The molecule has 4 heterocycles. The van der Waals surface area contributed by atoms with Gasteiger partial charge in [0.2, 0.25) is 5.43 Å². The number of aromatic nitrogens is 3. The third-order valence-corrected chi connectivity index (χ3v) is 6.59. The van der Waals surface area contributed by atoms with E-state index in [1.807, 2.05) is 10.2 Å². The molecule has 0 radical (unpaired) electrons. The molecule has 35 heavy (non-hydrogen) atoms. The zero-order valence-corrected chi connectivity index (χ0v) is 18.5. The van der Waals surface area contributed by atoms with E-state index in [2.05, 4.69) is 9.97 Å². The Hall–Kier alpha value is -3.54. The van der Waals surface area contributed by atoms with Gasteiger partial charge in [-0.05, 0) is 37.1 Å². The standard InChI is InChI=1S/C23H21F4N5O3/c1-2-16(23(25,26)27)29-21(34)14-10-32(20-15(24)4-3-7-28-20)19-13(18(14)33)5-6-17(30-19)31-9-12-8-22(12,35)11-31/h3-7,10,12,16,35H,2,8-9,11H2,1H3,(H,29,34)/t12?,16-,22?/m1/s1. The van der Waals surface area contributed by atoms with Crippen molar-refractivity contribution >= 4 is 22.8 Å². The van der Waals surface area contributed by atoms with Crippen LogP contribution in [-0.4, -0.2) is 56.5 Å². The van der Waals surface area contributed by atoms with Gasteiger partial charge in [0.15, 0.2) is 17.3 Å². The number of anilines is 1. The maximum Gasteiger partial charge on any atom is 0.408 e. The number of piperidine rings is 1. The number of alkyl halides is 3. The Balaban J connectivity index is 1.64. The van der Waals surface area contributed by atoms with Crippen molar-refractivity contribution < 1.29 is 27.5 Å². The molecule has 3 aromatic heterocycles. The number of β-amino-alcohol motifs (C(OH)–C–C–N with tert-alkyl or cyclic N) is 1. The van der Waals surface area contributed by atoms with E-state index in [0.29, 0.717) is 25.3 Å². The van der Waals surface area contributed by atoms with Crippen molar-refractivity contribution in [2.45, 2.75) is 37.6 Å². The second kappa shape index (κ2) is 8.01. The molecule has 0 spiro atoms. The van der Waals surface area contributed by atoms with Gasteiger partial charge in [0, 0.05) is 31.4 Å². The van der Waals surface area contributed by atoms with Crippen molar-refractivity contribution in [1.82, 2.24) is 19.9 Å². The number of hydrogen-bond donors (Lipinski definition) is 2. The molecule has 184 valence electrons. The van der Waals surface area contributed by atoms with Crippen molar-refractivity contribution in [3.8, 4) is 5.82 Å². The van der Waals surface area contributed by atoms with Gasteiger partial charge >= 0.3 is 6.18 Å². The van der Waals surface area contributed by atoms with Crippen LogP contribution in [0.25, 0.3) is 16.9 Å². The number of aliphatic hydroxyl groups is 1. The minimum atomic E-state index is -4.70. The number of nitrogens with one attached hydrogen (secondary N) is 1. The van der Waals surface area contributed by atoms with Crippen LogP contribution in [0.1, 0.15) is 30.1 Å². The number of nitrogens with zero attached hydrogens (tertiary/aromatic N) is 4. The van der Waals surface area contributed by atoms with E-state index < -0.39 is 47.0 Å². The monoisotopic (exact) mass is 491 g/mol. The number of fused-ring (bicyclic) bond motifs is 2. The average Bonchev–Trinajstić information content (AvgIpc) is 3.32. The molecule has 2 fully saturated rings. The molecule has 1 aliphatic carbocycles. The highest BCUT2D eigenvalue weighted by molar-refractivity contribution is 5.97. The Bertz CT molecular complexity index is 1390. The molecule has 5 rings (SSSR count). The van der Waals surface area contributed by atoms with Crippen LogP contribution in [0, 0.1) is 11.7 Å². The molecular formula is C23H21F4N5O3. The molecule has 2 aliphatic rings.